The van der Waals surface area contributed by atoms with Crippen molar-refractivity contribution >= 4 is 23.0 Å². The first-order valence-corrected chi connectivity index (χ1v) is 14.7. The van der Waals surface area contributed by atoms with Crippen molar-refractivity contribution in [2.24, 2.45) is 0 Å². The van der Waals surface area contributed by atoms with Crippen LogP contribution in [0.5, 0.6) is 5.75 Å². The van der Waals surface area contributed by atoms with Gasteiger partial charge in [0.15, 0.2) is 0 Å². The van der Waals surface area contributed by atoms with Crippen LogP contribution in [0.4, 0.5) is 4.79 Å². The number of carboxylic acid groups (broad SMARTS) is 1. The number of likely N-dealkylation sites (tertiary alicyclic amines) is 1. The number of fused-ring (bicyclic) bond motifs is 1. The summed E-state index contributed by atoms with van der Waals surface area (Å²) in [5.74, 6) is 1.16. The standard InChI is InChI=1S/C17H30N4O2.C9H10O.C2H4O2S/c1-3-10-21(23-14-4-2)17(22)15-19-11-5-7-16(19)8-13-20-12-6-9-18-20;1-7-2-3-9-8(6-7)4-5-10-9;1-5-2(3)4/h6,9,12,16H,3-5,7-8,10-11,13-15H2,1-2H3;2-3,6H,4-5H2,1H3;1H3,(H,3,4). The first kappa shape index (κ1) is 31.7. The van der Waals surface area contributed by atoms with Crippen LogP contribution in [0.25, 0.3) is 0 Å². The van der Waals surface area contributed by atoms with E-state index in [1.165, 1.54) is 23.8 Å². The number of hydrogen-bond donors (Lipinski definition) is 1. The van der Waals surface area contributed by atoms with Crippen LogP contribution in [0.1, 0.15) is 57.1 Å². The van der Waals surface area contributed by atoms with E-state index in [0.29, 0.717) is 25.7 Å². The summed E-state index contributed by atoms with van der Waals surface area (Å²) in [6.45, 7) is 10.7. The molecule has 0 bridgehead atoms. The highest BCUT2D eigenvalue weighted by molar-refractivity contribution is 8.12. The van der Waals surface area contributed by atoms with Gasteiger partial charge in [-0.15, -0.1) is 0 Å². The molecule has 0 radical (unpaired) electrons. The van der Waals surface area contributed by atoms with Crippen molar-refractivity contribution in [3.05, 3.63) is 47.8 Å². The number of ether oxygens (including phenoxy) is 1. The summed E-state index contributed by atoms with van der Waals surface area (Å²) < 4.78 is 7.32. The summed E-state index contributed by atoms with van der Waals surface area (Å²) in [5, 5.41) is 12.7. The van der Waals surface area contributed by atoms with Crippen LogP contribution in [0, 0.1) is 6.92 Å². The molecule has 2 aliphatic heterocycles. The molecule has 1 fully saturated rings. The SMILES string of the molecule is CCCON(CCC)C(=O)CN1CCCC1CCn1cccn1.CSC(=O)O.Cc1ccc2c(c1)CCO2. The second kappa shape index (κ2) is 17.9. The third-order valence-electron chi connectivity index (χ3n) is 6.26. The molecule has 2 aliphatic rings. The fourth-order valence-corrected chi connectivity index (χ4v) is 4.38. The maximum Gasteiger partial charge on any atom is 0.364 e. The molecule has 4 rings (SSSR count). The van der Waals surface area contributed by atoms with Crippen molar-refractivity contribution in [2.45, 2.75) is 71.9 Å². The number of thioether (sulfide) groups is 1. The van der Waals surface area contributed by atoms with Gasteiger partial charge in [-0.25, -0.2) is 9.86 Å². The molecule has 1 unspecified atom stereocenters. The Morgan fingerprint density at radius 2 is 2.08 bits per heavy atom. The van der Waals surface area contributed by atoms with Gasteiger partial charge in [0.2, 0.25) is 0 Å². The predicted octanol–water partition coefficient (Wildman–Crippen LogP) is 5.28. The van der Waals surface area contributed by atoms with Crippen molar-refractivity contribution in [3.8, 4) is 5.75 Å². The normalized spacial score (nSPS) is 15.9. The maximum atomic E-state index is 12.5. The summed E-state index contributed by atoms with van der Waals surface area (Å²) in [6.07, 6.45) is 11.6. The molecule has 0 saturated carbocycles. The number of amides is 1. The number of hydrogen-bond acceptors (Lipinski definition) is 7. The fourth-order valence-electron chi connectivity index (χ4n) is 4.38. The van der Waals surface area contributed by atoms with E-state index >= 15 is 0 Å². The first-order valence-electron chi connectivity index (χ1n) is 13.5. The van der Waals surface area contributed by atoms with Crippen LogP contribution >= 0.6 is 11.8 Å². The lowest BCUT2D eigenvalue weighted by Gasteiger charge is -2.27. The molecule has 1 saturated heterocycles. The number of hydroxylamine groups is 2. The Bertz CT molecular complexity index is 957. The number of carbonyl (C=O) groups is 2. The Balaban J connectivity index is 0.000000275. The predicted molar refractivity (Wildman–Crippen MR) is 152 cm³/mol. The van der Waals surface area contributed by atoms with Crippen molar-refractivity contribution in [2.75, 3.05) is 39.1 Å². The molecule has 2 aromatic rings. The minimum Gasteiger partial charge on any atom is -0.493 e. The van der Waals surface area contributed by atoms with Crippen LogP contribution in [-0.2, 0) is 22.6 Å². The highest BCUT2D eigenvalue weighted by atomic mass is 32.2. The zero-order valence-corrected chi connectivity index (χ0v) is 24.1. The van der Waals surface area contributed by atoms with E-state index in [-0.39, 0.29) is 5.91 Å². The molecule has 1 amide bonds. The summed E-state index contributed by atoms with van der Waals surface area (Å²) in [5.41, 5.74) is 2.68. The highest BCUT2D eigenvalue weighted by Crippen LogP contribution is 2.25. The Morgan fingerprint density at radius 1 is 1.29 bits per heavy atom. The maximum absolute atomic E-state index is 12.5. The number of nitrogens with zero attached hydrogens (tertiary/aromatic N) is 4. The van der Waals surface area contributed by atoms with E-state index in [1.54, 1.807) is 5.06 Å². The van der Waals surface area contributed by atoms with Gasteiger partial charge in [0.25, 0.3) is 5.91 Å². The topological polar surface area (TPSA) is 97.1 Å². The Morgan fingerprint density at radius 3 is 2.74 bits per heavy atom. The van der Waals surface area contributed by atoms with Gasteiger partial charge in [-0.05, 0) is 81.3 Å². The second-order valence-electron chi connectivity index (χ2n) is 9.33. The van der Waals surface area contributed by atoms with Gasteiger partial charge in [-0.1, -0.05) is 31.5 Å². The number of aryl methyl sites for hydroxylation is 2. The second-order valence-corrected chi connectivity index (χ2v) is 10.1. The summed E-state index contributed by atoms with van der Waals surface area (Å²) in [7, 11) is 0. The average molecular weight is 549 g/mol. The molecule has 3 heterocycles. The molecule has 1 aromatic carbocycles. The van der Waals surface area contributed by atoms with Crippen LogP contribution in [0.3, 0.4) is 0 Å². The van der Waals surface area contributed by atoms with Crippen molar-refractivity contribution < 1.29 is 24.3 Å². The number of rotatable bonds is 10. The number of benzene rings is 1. The van der Waals surface area contributed by atoms with Gasteiger partial charge in [-0.3, -0.25) is 19.2 Å². The average Bonchev–Trinajstić information content (AvgIpc) is 3.68. The molecule has 0 aliphatic carbocycles. The van der Waals surface area contributed by atoms with Crippen LogP contribution in [0.15, 0.2) is 36.7 Å². The van der Waals surface area contributed by atoms with Crippen LogP contribution in [-0.4, -0.2) is 81.2 Å². The first-order chi connectivity index (χ1) is 18.4. The molecule has 10 heteroatoms. The molecule has 0 spiro atoms. The molecular formula is C28H44N4O5S. The minimum absolute atomic E-state index is 0.0892. The van der Waals surface area contributed by atoms with Crippen molar-refractivity contribution in [1.82, 2.24) is 19.7 Å². The van der Waals surface area contributed by atoms with E-state index < -0.39 is 5.30 Å². The Labute approximate surface area is 231 Å². The quantitative estimate of drug-likeness (QED) is 0.401. The summed E-state index contributed by atoms with van der Waals surface area (Å²) in [4.78, 5) is 29.8. The molecule has 212 valence electrons. The van der Waals surface area contributed by atoms with E-state index in [2.05, 4.69) is 49.0 Å². The van der Waals surface area contributed by atoms with Gasteiger partial charge < -0.3 is 9.84 Å². The summed E-state index contributed by atoms with van der Waals surface area (Å²) in [6, 6.07) is 8.76. The number of carbonyl (C=O) groups excluding carboxylic acids is 1. The van der Waals surface area contributed by atoms with Crippen LogP contribution in [0.2, 0.25) is 0 Å². The largest absolute Gasteiger partial charge is 0.493 e. The lowest BCUT2D eigenvalue weighted by Crippen LogP contribution is -2.43. The van der Waals surface area contributed by atoms with Crippen molar-refractivity contribution in [3.63, 3.8) is 0 Å². The van der Waals surface area contributed by atoms with Crippen LogP contribution < -0.4 is 4.74 Å². The molecule has 1 N–H and O–H groups in total. The molecule has 9 nitrogen and oxygen atoms in total. The minimum atomic E-state index is -0.829. The lowest BCUT2D eigenvalue weighted by molar-refractivity contribution is -0.188. The Kier molecular flexibility index (Phi) is 14.9. The third-order valence-corrected chi connectivity index (χ3v) is 6.61. The van der Waals surface area contributed by atoms with E-state index in [0.717, 1.165) is 69.3 Å². The number of aromatic nitrogens is 2. The molecule has 1 atom stereocenters. The van der Waals surface area contributed by atoms with Gasteiger partial charge in [-0.2, -0.15) is 5.10 Å². The van der Waals surface area contributed by atoms with E-state index in [4.69, 9.17) is 14.7 Å². The highest BCUT2D eigenvalue weighted by Gasteiger charge is 2.28. The van der Waals surface area contributed by atoms with Gasteiger partial charge >= 0.3 is 5.30 Å². The van der Waals surface area contributed by atoms with Gasteiger partial charge in [0, 0.05) is 37.9 Å². The van der Waals surface area contributed by atoms with Gasteiger partial charge in [0.1, 0.15) is 5.75 Å². The summed E-state index contributed by atoms with van der Waals surface area (Å²) >= 11 is 0.796. The smallest absolute Gasteiger partial charge is 0.364 e. The Hall–Kier alpha value is -2.56. The molecule has 1 aromatic heterocycles. The third kappa shape index (κ3) is 11.4. The molecule has 38 heavy (non-hydrogen) atoms. The van der Waals surface area contributed by atoms with Crippen molar-refractivity contribution in [1.29, 1.82) is 0 Å². The van der Waals surface area contributed by atoms with Gasteiger partial charge in [0.05, 0.1) is 19.8 Å². The lowest BCUT2D eigenvalue weighted by atomic mass is 10.1. The molecular weight excluding hydrogens is 504 g/mol. The fraction of sp³-hybridized carbons (Fsp3) is 0.607. The zero-order chi connectivity index (χ0) is 27.8. The van der Waals surface area contributed by atoms with E-state index in [9.17, 15) is 9.59 Å². The van der Waals surface area contributed by atoms with E-state index in [1.807, 2.05) is 23.1 Å². The monoisotopic (exact) mass is 548 g/mol. The zero-order valence-electron chi connectivity index (χ0n) is 23.3.